The molecule has 0 saturated heterocycles. The summed E-state index contributed by atoms with van der Waals surface area (Å²) in [7, 11) is 1.68. The number of halogens is 1. The van der Waals surface area contributed by atoms with Gasteiger partial charge in [0, 0.05) is 32.3 Å². The molecule has 0 radical (unpaired) electrons. The van der Waals surface area contributed by atoms with E-state index in [0.29, 0.717) is 30.3 Å². The minimum Gasteiger partial charge on any atom is -0.396 e. The zero-order valence-electron chi connectivity index (χ0n) is 17.5. The summed E-state index contributed by atoms with van der Waals surface area (Å²) in [5.74, 6) is 0.285. The van der Waals surface area contributed by atoms with Crippen LogP contribution in [0.2, 0.25) is 0 Å². The number of aliphatic hydroxyl groups excluding tert-OH is 2. The van der Waals surface area contributed by atoms with Crippen molar-refractivity contribution in [1.82, 2.24) is 14.5 Å². The summed E-state index contributed by atoms with van der Waals surface area (Å²) in [4.78, 5) is 21.0. The lowest BCUT2D eigenvalue weighted by Crippen LogP contribution is -2.54. The molecule has 31 heavy (non-hydrogen) atoms. The van der Waals surface area contributed by atoms with Gasteiger partial charge < -0.3 is 19.7 Å². The second-order valence-electron chi connectivity index (χ2n) is 7.72. The molecule has 7 nitrogen and oxygen atoms in total. The Labute approximate surface area is 180 Å². The Balaban J connectivity index is 1.86. The van der Waals surface area contributed by atoms with Crippen molar-refractivity contribution in [2.45, 2.75) is 26.2 Å². The second-order valence-corrected chi connectivity index (χ2v) is 7.72. The highest BCUT2D eigenvalue weighted by Crippen LogP contribution is 2.34. The highest BCUT2D eigenvalue weighted by Gasteiger charge is 2.39. The Hall–Kier alpha value is -3.23. The lowest BCUT2D eigenvalue weighted by Gasteiger charge is -2.38. The van der Waals surface area contributed by atoms with E-state index < -0.39 is 6.35 Å². The van der Waals surface area contributed by atoms with Crippen LogP contribution in [0.4, 0.5) is 10.2 Å². The molecule has 162 valence electrons. The highest BCUT2D eigenvalue weighted by molar-refractivity contribution is 6.00. The first-order valence-electron chi connectivity index (χ1n) is 10.2. The summed E-state index contributed by atoms with van der Waals surface area (Å²) >= 11 is 0. The van der Waals surface area contributed by atoms with E-state index in [2.05, 4.69) is 0 Å². The number of nitrogens with zero attached hydrogens (tertiary/aromatic N) is 4. The van der Waals surface area contributed by atoms with Gasteiger partial charge in [-0.1, -0.05) is 42.0 Å². The molecule has 0 bridgehead atoms. The molecule has 1 amide bonds. The summed E-state index contributed by atoms with van der Waals surface area (Å²) in [6.45, 7) is 2.43. The van der Waals surface area contributed by atoms with Gasteiger partial charge in [-0.25, -0.2) is 9.37 Å². The number of imidazole rings is 1. The van der Waals surface area contributed by atoms with Crippen LogP contribution in [0, 0.1) is 12.7 Å². The number of hydrogen-bond donors (Lipinski definition) is 2. The minimum absolute atomic E-state index is 0.0868. The second kappa shape index (κ2) is 8.49. The number of amides is 1. The smallest absolute Gasteiger partial charge is 0.277 e. The Morgan fingerprint density at radius 3 is 2.42 bits per heavy atom. The number of rotatable bonds is 6. The van der Waals surface area contributed by atoms with Crippen LogP contribution in [0.1, 0.15) is 28.0 Å². The number of benzene rings is 2. The van der Waals surface area contributed by atoms with Crippen LogP contribution in [0.5, 0.6) is 0 Å². The van der Waals surface area contributed by atoms with Gasteiger partial charge in [0.1, 0.15) is 11.6 Å². The van der Waals surface area contributed by atoms with Gasteiger partial charge in [0.15, 0.2) is 11.5 Å². The Bertz CT molecular complexity index is 1080. The minimum atomic E-state index is -1.17. The molecule has 2 aromatic carbocycles. The van der Waals surface area contributed by atoms with E-state index in [9.17, 15) is 19.4 Å². The zero-order chi connectivity index (χ0) is 22.1. The molecule has 0 spiro atoms. The summed E-state index contributed by atoms with van der Waals surface area (Å²) < 4.78 is 15.2. The third-order valence-corrected chi connectivity index (χ3v) is 5.49. The van der Waals surface area contributed by atoms with Gasteiger partial charge in [0.05, 0.1) is 0 Å². The van der Waals surface area contributed by atoms with Gasteiger partial charge in [-0.3, -0.25) is 9.69 Å². The maximum Gasteiger partial charge on any atom is 0.277 e. The summed E-state index contributed by atoms with van der Waals surface area (Å²) in [5.41, 5.74) is 3.10. The quantitative estimate of drug-likeness (QED) is 0.636. The van der Waals surface area contributed by atoms with Crippen LogP contribution in [-0.2, 0) is 6.54 Å². The predicted molar refractivity (Wildman–Crippen MR) is 115 cm³/mol. The lowest BCUT2D eigenvalue weighted by atomic mass is 10.1. The molecule has 0 aliphatic carbocycles. The van der Waals surface area contributed by atoms with Crippen LogP contribution in [0.3, 0.4) is 0 Å². The fourth-order valence-corrected chi connectivity index (χ4v) is 3.76. The molecule has 2 heterocycles. The van der Waals surface area contributed by atoms with Crippen molar-refractivity contribution in [3.8, 4) is 11.4 Å². The maximum absolute atomic E-state index is 13.4. The summed E-state index contributed by atoms with van der Waals surface area (Å²) in [6.07, 6.45) is -0.824. The average Bonchev–Trinajstić information content (AvgIpc) is 3.14. The fraction of sp³-hybridized carbons (Fsp3) is 0.304. The number of carbonyl (C=O) groups is 1. The first-order chi connectivity index (χ1) is 14.9. The zero-order valence-corrected chi connectivity index (χ0v) is 17.5. The van der Waals surface area contributed by atoms with Crippen LogP contribution in [0.25, 0.3) is 11.4 Å². The van der Waals surface area contributed by atoms with Gasteiger partial charge in [0.2, 0.25) is 6.35 Å². The molecule has 8 heteroatoms. The topological polar surface area (TPSA) is 81.8 Å². The van der Waals surface area contributed by atoms with Crippen LogP contribution in [0.15, 0.2) is 48.5 Å². The molecular formula is C23H25FN4O3. The number of aromatic nitrogens is 2. The van der Waals surface area contributed by atoms with E-state index in [4.69, 9.17) is 4.98 Å². The SMILES string of the molecule is Cc1ccc(-c2nc3c(n2Cc2ccc(F)cc2)C(=O)N(CCCO)C(O)N3C)cc1. The number of carbonyl (C=O) groups excluding carboxylic acids is 1. The number of fused-ring (bicyclic) bond motifs is 1. The van der Waals surface area contributed by atoms with Crippen molar-refractivity contribution in [2.75, 3.05) is 25.1 Å². The van der Waals surface area contributed by atoms with Gasteiger partial charge in [-0.2, -0.15) is 0 Å². The molecule has 1 atom stereocenters. The molecule has 1 unspecified atom stereocenters. The fourth-order valence-electron chi connectivity index (χ4n) is 3.76. The molecule has 0 saturated carbocycles. The Kier molecular flexibility index (Phi) is 5.75. The van der Waals surface area contributed by atoms with E-state index in [1.54, 1.807) is 24.1 Å². The van der Waals surface area contributed by atoms with Crippen molar-refractivity contribution >= 4 is 11.7 Å². The standard InChI is InChI=1S/C23H25FN4O3/c1-15-4-8-17(9-5-15)20-25-21-19(28(20)14-16-6-10-18(24)11-7-16)22(30)27(12-3-13-29)23(31)26(21)2/h4-11,23,29,31H,3,12-14H2,1-2H3. The first kappa shape index (κ1) is 21.0. The molecule has 4 rings (SSSR count). The lowest BCUT2D eigenvalue weighted by molar-refractivity contribution is 0.00114. The van der Waals surface area contributed by atoms with Gasteiger partial charge in [-0.15, -0.1) is 0 Å². The predicted octanol–water partition coefficient (Wildman–Crippen LogP) is 2.60. The van der Waals surface area contributed by atoms with E-state index in [0.717, 1.165) is 16.7 Å². The van der Waals surface area contributed by atoms with Gasteiger partial charge in [-0.05, 0) is 31.0 Å². The Morgan fingerprint density at radius 1 is 1.10 bits per heavy atom. The largest absolute Gasteiger partial charge is 0.396 e. The van der Waals surface area contributed by atoms with Crippen molar-refractivity contribution in [1.29, 1.82) is 0 Å². The molecule has 0 fully saturated rings. The van der Waals surface area contributed by atoms with Crippen molar-refractivity contribution in [3.63, 3.8) is 0 Å². The van der Waals surface area contributed by atoms with E-state index in [1.165, 1.54) is 17.0 Å². The molecule has 1 aliphatic heterocycles. The van der Waals surface area contributed by atoms with E-state index in [1.807, 2.05) is 35.8 Å². The number of aryl methyl sites for hydroxylation is 1. The number of aliphatic hydroxyl groups is 2. The van der Waals surface area contributed by atoms with Crippen molar-refractivity contribution in [2.24, 2.45) is 0 Å². The van der Waals surface area contributed by atoms with E-state index in [-0.39, 0.29) is 24.9 Å². The Morgan fingerprint density at radius 2 is 1.77 bits per heavy atom. The van der Waals surface area contributed by atoms with Gasteiger partial charge >= 0.3 is 0 Å². The molecule has 3 aromatic rings. The number of anilines is 1. The third kappa shape index (κ3) is 3.92. The summed E-state index contributed by atoms with van der Waals surface area (Å²) in [5, 5.41) is 19.9. The average molecular weight is 424 g/mol. The first-order valence-corrected chi connectivity index (χ1v) is 10.2. The van der Waals surface area contributed by atoms with Crippen LogP contribution >= 0.6 is 0 Å². The van der Waals surface area contributed by atoms with Crippen LogP contribution < -0.4 is 4.90 Å². The highest BCUT2D eigenvalue weighted by atomic mass is 19.1. The molecule has 2 N–H and O–H groups in total. The van der Waals surface area contributed by atoms with Crippen molar-refractivity contribution in [3.05, 3.63) is 71.2 Å². The third-order valence-electron chi connectivity index (χ3n) is 5.49. The van der Waals surface area contributed by atoms with Crippen molar-refractivity contribution < 1.29 is 19.4 Å². The van der Waals surface area contributed by atoms with E-state index >= 15 is 0 Å². The molecule has 1 aromatic heterocycles. The normalized spacial score (nSPS) is 16.0. The molecular weight excluding hydrogens is 399 g/mol. The molecule has 1 aliphatic rings. The van der Waals surface area contributed by atoms with Gasteiger partial charge in [0.25, 0.3) is 5.91 Å². The summed E-state index contributed by atoms with van der Waals surface area (Å²) in [6, 6.07) is 13.9. The number of hydrogen-bond acceptors (Lipinski definition) is 5. The van der Waals surface area contributed by atoms with Crippen LogP contribution in [-0.4, -0.2) is 57.1 Å². The maximum atomic E-state index is 13.4. The monoisotopic (exact) mass is 424 g/mol.